The number of aromatic amines is 1. The lowest BCUT2D eigenvalue weighted by atomic mass is 10.2. The molecule has 0 unspecified atom stereocenters. The van der Waals surface area contributed by atoms with E-state index in [0.29, 0.717) is 5.82 Å². The molecule has 0 spiro atoms. The highest BCUT2D eigenvalue weighted by atomic mass is 32.1. The molecular weight excluding hydrogens is 290 g/mol. The molecule has 0 atom stereocenters. The Balaban J connectivity index is 2.32. The molecule has 0 radical (unpaired) electrons. The van der Waals surface area contributed by atoms with Gasteiger partial charge in [0.05, 0.1) is 22.7 Å². The molecule has 21 heavy (non-hydrogen) atoms. The van der Waals surface area contributed by atoms with Crippen molar-refractivity contribution in [3.63, 3.8) is 0 Å². The summed E-state index contributed by atoms with van der Waals surface area (Å²) >= 11 is 1.51. The Kier molecular flexibility index (Phi) is 4.64. The van der Waals surface area contributed by atoms with Gasteiger partial charge in [0.1, 0.15) is 11.4 Å². The van der Waals surface area contributed by atoms with Gasteiger partial charge in [-0.2, -0.15) is 0 Å². The average Bonchev–Trinajstić information content (AvgIpc) is 2.84. The van der Waals surface area contributed by atoms with Crippen molar-refractivity contribution in [1.29, 1.82) is 0 Å². The zero-order valence-corrected chi connectivity index (χ0v) is 12.8. The maximum Gasteiger partial charge on any atom is 0.345 e. The predicted octanol–water partition coefficient (Wildman–Crippen LogP) is 2.27. The van der Waals surface area contributed by atoms with Gasteiger partial charge in [-0.3, -0.25) is 4.79 Å². The van der Waals surface area contributed by atoms with E-state index in [4.69, 9.17) is 4.74 Å². The third-order valence-corrected chi connectivity index (χ3v) is 3.68. The summed E-state index contributed by atoms with van der Waals surface area (Å²) in [6.45, 7) is 5.64. The quantitative estimate of drug-likeness (QED) is 0.876. The SMILES string of the molecule is CCOC(=O)c1cnc(C(C)=Cc2scnc2C)[nH]c1=O. The number of hydrogen-bond donors (Lipinski definition) is 1. The molecule has 7 heteroatoms. The van der Waals surface area contributed by atoms with Crippen molar-refractivity contribution >= 4 is 29.0 Å². The molecule has 0 aliphatic rings. The highest BCUT2D eigenvalue weighted by Gasteiger charge is 2.13. The predicted molar refractivity (Wildman–Crippen MR) is 81.2 cm³/mol. The lowest BCUT2D eigenvalue weighted by Gasteiger charge is -2.03. The van der Waals surface area contributed by atoms with Crippen molar-refractivity contribution in [2.75, 3.05) is 6.61 Å². The van der Waals surface area contributed by atoms with Gasteiger partial charge in [0.15, 0.2) is 0 Å². The van der Waals surface area contributed by atoms with Gasteiger partial charge < -0.3 is 9.72 Å². The van der Waals surface area contributed by atoms with E-state index in [2.05, 4.69) is 15.0 Å². The molecule has 0 aliphatic heterocycles. The zero-order chi connectivity index (χ0) is 15.4. The number of hydrogen-bond acceptors (Lipinski definition) is 6. The summed E-state index contributed by atoms with van der Waals surface area (Å²) in [4.78, 5) is 35.3. The van der Waals surface area contributed by atoms with E-state index in [0.717, 1.165) is 16.1 Å². The maximum absolute atomic E-state index is 11.9. The second kappa shape index (κ2) is 6.45. The Bertz CT molecular complexity index is 746. The minimum atomic E-state index is -0.669. The molecule has 2 aromatic rings. The Labute approximate surface area is 125 Å². The Morgan fingerprint density at radius 1 is 1.48 bits per heavy atom. The lowest BCUT2D eigenvalue weighted by molar-refractivity contribution is 0.0523. The van der Waals surface area contributed by atoms with Crippen LogP contribution < -0.4 is 5.56 Å². The number of H-pyrrole nitrogens is 1. The van der Waals surface area contributed by atoms with Crippen LogP contribution in [0.25, 0.3) is 11.6 Å². The number of ether oxygens (including phenoxy) is 1. The fourth-order valence-corrected chi connectivity index (χ4v) is 2.46. The lowest BCUT2D eigenvalue weighted by Crippen LogP contribution is -2.21. The van der Waals surface area contributed by atoms with Crippen molar-refractivity contribution in [3.8, 4) is 0 Å². The maximum atomic E-state index is 11.9. The molecular formula is C14H15N3O3S. The van der Waals surface area contributed by atoms with Crippen molar-refractivity contribution in [2.24, 2.45) is 0 Å². The molecule has 1 N–H and O–H groups in total. The van der Waals surface area contributed by atoms with Crippen molar-refractivity contribution in [1.82, 2.24) is 15.0 Å². The van der Waals surface area contributed by atoms with Crippen LogP contribution in [0.4, 0.5) is 0 Å². The molecule has 2 rings (SSSR count). The minimum absolute atomic E-state index is 0.0950. The second-order valence-corrected chi connectivity index (χ2v) is 5.21. The first-order chi connectivity index (χ1) is 10.0. The molecule has 0 aliphatic carbocycles. The zero-order valence-electron chi connectivity index (χ0n) is 12.0. The molecule has 0 bridgehead atoms. The number of carbonyl (C=O) groups excluding carboxylic acids is 1. The summed E-state index contributed by atoms with van der Waals surface area (Å²) in [5.74, 6) is -0.251. The molecule has 6 nitrogen and oxygen atoms in total. The number of aryl methyl sites for hydroxylation is 1. The molecule has 0 amide bonds. The van der Waals surface area contributed by atoms with E-state index in [1.165, 1.54) is 17.5 Å². The largest absolute Gasteiger partial charge is 0.462 e. The number of nitrogens with zero attached hydrogens (tertiary/aromatic N) is 2. The normalized spacial score (nSPS) is 11.5. The van der Waals surface area contributed by atoms with Gasteiger partial charge in [0.2, 0.25) is 0 Å². The number of thiazole rings is 1. The highest BCUT2D eigenvalue weighted by Crippen LogP contribution is 2.19. The molecule has 2 heterocycles. The average molecular weight is 305 g/mol. The monoisotopic (exact) mass is 305 g/mol. The summed E-state index contributed by atoms with van der Waals surface area (Å²) in [6.07, 6.45) is 3.14. The fraction of sp³-hybridized carbons (Fsp3) is 0.286. The van der Waals surface area contributed by atoms with Gasteiger partial charge >= 0.3 is 5.97 Å². The number of nitrogens with one attached hydrogen (secondary N) is 1. The van der Waals surface area contributed by atoms with E-state index >= 15 is 0 Å². The molecule has 0 saturated carbocycles. The first-order valence-electron chi connectivity index (χ1n) is 6.38. The first kappa shape index (κ1) is 15.1. The standard InChI is InChI=1S/C14H15N3O3S/c1-4-20-14(19)10-6-15-12(17-13(10)18)8(2)5-11-9(3)16-7-21-11/h5-7H,4H2,1-3H3,(H,15,17,18). The van der Waals surface area contributed by atoms with E-state index in [1.807, 2.05) is 19.9 Å². The molecule has 2 aromatic heterocycles. The smallest absolute Gasteiger partial charge is 0.345 e. The van der Waals surface area contributed by atoms with Gasteiger partial charge in [-0.25, -0.2) is 14.8 Å². The van der Waals surface area contributed by atoms with E-state index in [-0.39, 0.29) is 12.2 Å². The molecule has 0 saturated heterocycles. The number of aromatic nitrogens is 3. The highest BCUT2D eigenvalue weighted by molar-refractivity contribution is 7.10. The first-order valence-corrected chi connectivity index (χ1v) is 7.26. The topological polar surface area (TPSA) is 84.9 Å². The fourth-order valence-electron chi connectivity index (χ4n) is 1.66. The Morgan fingerprint density at radius 2 is 2.24 bits per heavy atom. The number of carbonyl (C=O) groups is 1. The van der Waals surface area contributed by atoms with Crippen LogP contribution in [0, 0.1) is 6.92 Å². The number of rotatable bonds is 4. The summed E-state index contributed by atoms with van der Waals surface area (Å²) in [5.41, 5.74) is 2.86. The van der Waals surface area contributed by atoms with Gasteiger partial charge in [0, 0.05) is 6.20 Å². The molecule has 110 valence electrons. The van der Waals surface area contributed by atoms with Crippen LogP contribution in [0.2, 0.25) is 0 Å². The summed E-state index contributed by atoms with van der Waals surface area (Å²) in [7, 11) is 0. The molecule has 0 fully saturated rings. The van der Waals surface area contributed by atoms with Crippen LogP contribution in [0.3, 0.4) is 0 Å². The van der Waals surface area contributed by atoms with Crippen LogP contribution in [-0.2, 0) is 4.74 Å². The third kappa shape index (κ3) is 3.43. The van der Waals surface area contributed by atoms with Crippen LogP contribution in [0.1, 0.15) is 40.6 Å². The van der Waals surface area contributed by atoms with Gasteiger partial charge in [-0.05, 0) is 32.4 Å². The summed E-state index contributed by atoms with van der Waals surface area (Å²) in [5, 5.41) is 0. The van der Waals surface area contributed by atoms with Crippen LogP contribution in [-0.4, -0.2) is 27.5 Å². The summed E-state index contributed by atoms with van der Waals surface area (Å²) < 4.78 is 4.79. The van der Waals surface area contributed by atoms with Gasteiger partial charge in [-0.15, -0.1) is 11.3 Å². The van der Waals surface area contributed by atoms with Crippen molar-refractivity contribution < 1.29 is 9.53 Å². The van der Waals surface area contributed by atoms with Crippen LogP contribution in [0.15, 0.2) is 16.5 Å². The van der Waals surface area contributed by atoms with E-state index < -0.39 is 11.5 Å². The van der Waals surface area contributed by atoms with Crippen molar-refractivity contribution in [3.05, 3.63) is 44.0 Å². The van der Waals surface area contributed by atoms with Gasteiger partial charge in [0.25, 0.3) is 5.56 Å². The van der Waals surface area contributed by atoms with Crippen LogP contribution in [0.5, 0.6) is 0 Å². The number of esters is 1. The number of allylic oxidation sites excluding steroid dienone is 1. The van der Waals surface area contributed by atoms with E-state index in [9.17, 15) is 9.59 Å². The molecule has 0 aromatic carbocycles. The second-order valence-electron chi connectivity index (χ2n) is 4.32. The van der Waals surface area contributed by atoms with E-state index in [1.54, 1.807) is 12.4 Å². The Hall–Kier alpha value is -2.28. The van der Waals surface area contributed by atoms with Crippen LogP contribution >= 0.6 is 11.3 Å². The summed E-state index contributed by atoms with van der Waals surface area (Å²) in [6, 6.07) is 0. The third-order valence-electron chi connectivity index (χ3n) is 2.80. The van der Waals surface area contributed by atoms with Gasteiger partial charge in [-0.1, -0.05) is 0 Å². The minimum Gasteiger partial charge on any atom is -0.462 e. The Morgan fingerprint density at radius 3 is 2.81 bits per heavy atom. The van der Waals surface area contributed by atoms with Crippen molar-refractivity contribution in [2.45, 2.75) is 20.8 Å².